The number of amides is 1. The molecule has 156 valence electrons. The number of carbonyl (C=O) groups is 1. The summed E-state index contributed by atoms with van der Waals surface area (Å²) in [4.78, 5) is 19.4. The minimum atomic E-state index is 0.0329. The van der Waals surface area contributed by atoms with E-state index in [0.29, 0.717) is 18.3 Å². The Kier molecular flexibility index (Phi) is 5.95. The molecule has 0 bridgehead atoms. The lowest BCUT2D eigenvalue weighted by molar-refractivity contribution is -0.117. The van der Waals surface area contributed by atoms with E-state index in [4.69, 9.17) is 4.52 Å². The molecule has 3 aromatic rings. The largest absolute Gasteiger partial charge is 0.339 e. The van der Waals surface area contributed by atoms with Crippen LogP contribution in [0.4, 0.5) is 5.69 Å². The zero-order chi connectivity index (χ0) is 21.1. The molecule has 30 heavy (non-hydrogen) atoms. The summed E-state index contributed by atoms with van der Waals surface area (Å²) in [6, 6.07) is 14.1. The summed E-state index contributed by atoms with van der Waals surface area (Å²) in [5.41, 5.74) is 5.24. The molecule has 2 aromatic carbocycles. The molecule has 1 aliphatic rings. The maximum absolute atomic E-state index is 12.5. The summed E-state index contributed by atoms with van der Waals surface area (Å²) in [6.07, 6.45) is 1.82. The fourth-order valence-corrected chi connectivity index (χ4v) is 4.07. The highest BCUT2D eigenvalue weighted by atomic mass is 16.5. The molecule has 4 rings (SSSR count). The summed E-state index contributed by atoms with van der Waals surface area (Å²) in [6.45, 7) is 8.17. The van der Waals surface area contributed by atoms with Gasteiger partial charge >= 0.3 is 0 Å². The predicted molar refractivity (Wildman–Crippen MR) is 117 cm³/mol. The van der Waals surface area contributed by atoms with E-state index in [1.165, 1.54) is 0 Å². The lowest BCUT2D eigenvalue weighted by Crippen LogP contribution is -2.39. The molecule has 0 aliphatic carbocycles. The highest BCUT2D eigenvalue weighted by Crippen LogP contribution is 2.29. The van der Waals surface area contributed by atoms with Gasteiger partial charge in [0.05, 0.1) is 6.54 Å². The molecule has 1 amide bonds. The number of para-hydroxylation sites is 1. The van der Waals surface area contributed by atoms with E-state index in [1.54, 1.807) is 0 Å². The Labute approximate surface area is 177 Å². The molecular weight excluding hydrogens is 376 g/mol. The second-order valence-corrected chi connectivity index (χ2v) is 8.14. The van der Waals surface area contributed by atoms with Crippen LogP contribution in [0.1, 0.15) is 41.3 Å². The van der Waals surface area contributed by atoms with Crippen molar-refractivity contribution in [3.05, 3.63) is 65.0 Å². The Bertz CT molecular complexity index is 1010. The number of nitrogens with one attached hydrogen (secondary N) is 1. The molecule has 0 unspecified atom stereocenters. The van der Waals surface area contributed by atoms with Crippen molar-refractivity contribution in [1.29, 1.82) is 0 Å². The third-order valence-corrected chi connectivity index (χ3v) is 5.88. The van der Waals surface area contributed by atoms with Gasteiger partial charge < -0.3 is 9.84 Å². The normalized spacial score (nSPS) is 15.3. The summed E-state index contributed by atoms with van der Waals surface area (Å²) in [7, 11) is 0. The van der Waals surface area contributed by atoms with Gasteiger partial charge in [0.2, 0.25) is 17.6 Å². The van der Waals surface area contributed by atoms with E-state index in [0.717, 1.165) is 53.9 Å². The third kappa shape index (κ3) is 4.44. The van der Waals surface area contributed by atoms with Gasteiger partial charge in [0.25, 0.3) is 0 Å². The highest BCUT2D eigenvalue weighted by Gasteiger charge is 2.26. The standard InChI is InChI=1S/C24H28N4O2/c1-16-7-4-5-10-20(16)23-26-24(30-27-23)19-11-13-28(14-12-19)15-21(29)25-22-17(2)8-6-9-18(22)3/h4-10,19H,11-15H2,1-3H3,(H,25,29). The summed E-state index contributed by atoms with van der Waals surface area (Å²) >= 11 is 0. The molecule has 6 heteroatoms. The van der Waals surface area contributed by atoms with Gasteiger partial charge in [-0.05, 0) is 63.4 Å². The minimum absolute atomic E-state index is 0.0329. The second-order valence-electron chi connectivity index (χ2n) is 8.14. The maximum atomic E-state index is 12.5. The second kappa shape index (κ2) is 8.79. The van der Waals surface area contributed by atoms with Gasteiger partial charge in [0, 0.05) is 17.2 Å². The monoisotopic (exact) mass is 404 g/mol. The number of aromatic nitrogens is 2. The van der Waals surface area contributed by atoms with Crippen LogP contribution in [-0.2, 0) is 4.79 Å². The van der Waals surface area contributed by atoms with Gasteiger partial charge in [-0.15, -0.1) is 0 Å². The minimum Gasteiger partial charge on any atom is -0.339 e. The number of hydrogen-bond acceptors (Lipinski definition) is 5. The van der Waals surface area contributed by atoms with Crippen LogP contribution >= 0.6 is 0 Å². The average Bonchev–Trinajstić information content (AvgIpc) is 3.22. The smallest absolute Gasteiger partial charge is 0.238 e. The molecule has 1 N–H and O–H groups in total. The van der Waals surface area contributed by atoms with Gasteiger partial charge in [-0.25, -0.2) is 0 Å². The van der Waals surface area contributed by atoms with E-state index in [-0.39, 0.29) is 11.8 Å². The van der Waals surface area contributed by atoms with Crippen LogP contribution in [0.3, 0.4) is 0 Å². The van der Waals surface area contributed by atoms with Crippen molar-refractivity contribution in [1.82, 2.24) is 15.0 Å². The average molecular weight is 405 g/mol. The van der Waals surface area contributed by atoms with E-state index < -0.39 is 0 Å². The van der Waals surface area contributed by atoms with Crippen LogP contribution < -0.4 is 5.32 Å². The summed E-state index contributed by atoms with van der Waals surface area (Å²) in [5.74, 6) is 1.63. The molecule has 1 aliphatic heterocycles. The Balaban J connectivity index is 1.32. The molecule has 6 nitrogen and oxygen atoms in total. The van der Waals surface area contributed by atoms with E-state index in [1.807, 2.05) is 63.2 Å². The molecule has 0 spiro atoms. The SMILES string of the molecule is Cc1ccccc1-c1noc(C2CCN(CC(=O)Nc3c(C)cccc3C)CC2)n1. The van der Waals surface area contributed by atoms with Gasteiger partial charge in [-0.3, -0.25) is 9.69 Å². The number of hydrogen-bond donors (Lipinski definition) is 1. The predicted octanol–water partition coefficient (Wildman–Crippen LogP) is 4.48. The van der Waals surface area contributed by atoms with Crippen molar-refractivity contribution in [2.45, 2.75) is 39.5 Å². The number of likely N-dealkylation sites (tertiary alicyclic amines) is 1. The number of carbonyl (C=O) groups excluding carboxylic acids is 1. The van der Waals surface area contributed by atoms with Crippen molar-refractivity contribution in [2.24, 2.45) is 0 Å². The van der Waals surface area contributed by atoms with E-state index >= 15 is 0 Å². The van der Waals surface area contributed by atoms with Gasteiger partial charge in [-0.1, -0.05) is 47.6 Å². The zero-order valence-electron chi connectivity index (χ0n) is 17.8. The van der Waals surface area contributed by atoms with Crippen molar-refractivity contribution in [3.8, 4) is 11.4 Å². The summed E-state index contributed by atoms with van der Waals surface area (Å²) in [5, 5.41) is 7.26. The fraction of sp³-hybridized carbons (Fsp3) is 0.375. The van der Waals surface area contributed by atoms with E-state index in [2.05, 4.69) is 20.4 Å². The number of piperidine rings is 1. The van der Waals surface area contributed by atoms with Crippen LogP contribution in [-0.4, -0.2) is 40.6 Å². The van der Waals surface area contributed by atoms with Crippen molar-refractivity contribution in [2.75, 3.05) is 25.0 Å². The first-order chi connectivity index (χ1) is 14.5. The first-order valence-electron chi connectivity index (χ1n) is 10.5. The first kappa shape index (κ1) is 20.3. The third-order valence-electron chi connectivity index (χ3n) is 5.88. The number of aryl methyl sites for hydroxylation is 3. The molecule has 1 saturated heterocycles. The molecule has 1 fully saturated rings. The lowest BCUT2D eigenvalue weighted by atomic mass is 9.96. The van der Waals surface area contributed by atoms with Gasteiger partial charge in [-0.2, -0.15) is 4.98 Å². The lowest BCUT2D eigenvalue weighted by Gasteiger charge is -2.29. The van der Waals surface area contributed by atoms with Crippen LogP contribution in [0.5, 0.6) is 0 Å². The molecule has 0 saturated carbocycles. The molecular formula is C24H28N4O2. The van der Waals surface area contributed by atoms with Crippen molar-refractivity contribution in [3.63, 3.8) is 0 Å². The molecule has 2 heterocycles. The maximum Gasteiger partial charge on any atom is 0.238 e. The number of anilines is 1. The summed E-state index contributed by atoms with van der Waals surface area (Å²) < 4.78 is 5.58. The first-order valence-corrected chi connectivity index (χ1v) is 10.5. The van der Waals surface area contributed by atoms with Crippen LogP contribution in [0.15, 0.2) is 47.0 Å². The number of nitrogens with zero attached hydrogens (tertiary/aromatic N) is 3. The Morgan fingerprint density at radius 1 is 1.03 bits per heavy atom. The van der Waals surface area contributed by atoms with Crippen LogP contribution in [0.2, 0.25) is 0 Å². The Morgan fingerprint density at radius 2 is 1.70 bits per heavy atom. The Hall–Kier alpha value is -2.99. The highest BCUT2D eigenvalue weighted by molar-refractivity contribution is 5.93. The Morgan fingerprint density at radius 3 is 2.40 bits per heavy atom. The van der Waals surface area contributed by atoms with Gasteiger partial charge in [0.15, 0.2) is 0 Å². The number of rotatable bonds is 5. The molecule has 0 radical (unpaired) electrons. The number of benzene rings is 2. The van der Waals surface area contributed by atoms with Crippen molar-refractivity contribution < 1.29 is 9.32 Å². The van der Waals surface area contributed by atoms with Gasteiger partial charge in [0.1, 0.15) is 0 Å². The topological polar surface area (TPSA) is 71.3 Å². The van der Waals surface area contributed by atoms with Crippen LogP contribution in [0, 0.1) is 20.8 Å². The quantitative estimate of drug-likeness (QED) is 0.679. The van der Waals surface area contributed by atoms with Crippen LogP contribution in [0.25, 0.3) is 11.4 Å². The zero-order valence-corrected chi connectivity index (χ0v) is 17.8. The molecule has 0 atom stereocenters. The van der Waals surface area contributed by atoms with E-state index in [9.17, 15) is 4.79 Å². The van der Waals surface area contributed by atoms with Crippen molar-refractivity contribution >= 4 is 11.6 Å². The molecule has 1 aromatic heterocycles. The fourth-order valence-electron chi connectivity index (χ4n) is 4.07.